The van der Waals surface area contributed by atoms with E-state index in [1.54, 1.807) is 0 Å². The van der Waals surface area contributed by atoms with Gasteiger partial charge in [-0.15, -0.1) is 0 Å². The van der Waals surface area contributed by atoms with Crippen molar-refractivity contribution in [1.82, 2.24) is 9.97 Å². The third-order valence-electron chi connectivity index (χ3n) is 12.0. The summed E-state index contributed by atoms with van der Waals surface area (Å²) in [5.41, 5.74) is 16.5. The largest absolute Gasteiger partial charge is 0.354 e. The van der Waals surface area contributed by atoms with Crippen LogP contribution in [0.15, 0.2) is 170 Å². The van der Waals surface area contributed by atoms with E-state index in [0.29, 0.717) is 0 Å². The first kappa shape index (κ1) is 28.7. The molecule has 2 aromatic heterocycles. The van der Waals surface area contributed by atoms with E-state index in [4.69, 9.17) is 0 Å². The van der Waals surface area contributed by atoms with Gasteiger partial charge in [-0.2, -0.15) is 0 Å². The molecule has 0 unspecified atom stereocenters. The number of para-hydroxylation sites is 4. The number of aromatic amines is 2. The fourth-order valence-electron chi connectivity index (χ4n) is 9.77. The predicted octanol–water partition coefficient (Wildman–Crippen LogP) is 12.2. The third-order valence-corrected chi connectivity index (χ3v) is 12.0. The molecular weight excluding hydrogens is 645 g/mol. The molecule has 2 aliphatic rings. The summed E-state index contributed by atoms with van der Waals surface area (Å²) in [5.74, 6) is 0.0632. The molecule has 0 saturated heterocycles. The van der Waals surface area contributed by atoms with E-state index < -0.39 is 5.41 Å². The minimum Gasteiger partial charge on any atom is -0.354 e. The van der Waals surface area contributed by atoms with Gasteiger partial charge in [0.15, 0.2) is 5.78 Å². The molecule has 53 heavy (non-hydrogen) atoms. The van der Waals surface area contributed by atoms with Crippen molar-refractivity contribution in [3.05, 3.63) is 203 Å². The summed E-state index contributed by atoms with van der Waals surface area (Å²) in [6.07, 6.45) is 0. The molecule has 0 amide bonds. The van der Waals surface area contributed by atoms with E-state index in [-0.39, 0.29) is 5.78 Å². The number of rotatable bonds is 2. The molecule has 8 aromatic carbocycles. The highest BCUT2D eigenvalue weighted by molar-refractivity contribution is 6.17. The lowest BCUT2D eigenvalue weighted by Crippen LogP contribution is -2.36. The average molecular weight is 675 g/mol. The van der Waals surface area contributed by atoms with Gasteiger partial charge in [-0.1, -0.05) is 146 Å². The zero-order chi connectivity index (χ0) is 34.8. The number of hydrogen-bond acceptors (Lipinski definition) is 1. The number of aromatic nitrogens is 2. The molecular formula is C50H30N2O. The topological polar surface area (TPSA) is 48.6 Å². The maximum absolute atomic E-state index is 14.8. The van der Waals surface area contributed by atoms with E-state index in [2.05, 4.69) is 180 Å². The smallest absolute Gasteiger partial charge is 0.193 e. The molecule has 0 aliphatic heterocycles. The number of hydrogen-bond donors (Lipinski definition) is 2. The van der Waals surface area contributed by atoms with Crippen LogP contribution in [0, 0.1) is 0 Å². The van der Waals surface area contributed by atoms with Crippen LogP contribution in [0.3, 0.4) is 0 Å². The van der Waals surface area contributed by atoms with Crippen LogP contribution in [0.5, 0.6) is 0 Å². The Bertz CT molecular complexity index is 3000. The van der Waals surface area contributed by atoms with E-state index in [0.717, 1.165) is 66.6 Å². The Balaban J connectivity index is 1.17. The van der Waals surface area contributed by atoms with Gasteiger partial charge in [0.1, 0.15) is 0 Å². The highest BCUT2D eigenvalue weighted by Crippen LogP contribution is 2.60. The third kappa shape index (κ3) is 3.66. The summed E-state index contributed by atoms with van der Waals surface area (Å²) in [5, 5.41) is 4.80. The first-order valence-corrected chi connectivity index (χ1v) is 18.2. The molecule has 2 aliphatic carbocycles. The summed E-state index contributed by atoms with van der Waals surface area (Å²) in [6.45, 7) is 0. The normalized spacial score (nSPS) is 13.8. The van der Waals surface area contributed by atoms with Crippen LogP contribution >= 0.6 is 0 Å². The molecule has 2 N–H and O–H groups in total. The van der Waals surface area contributed by atoms with Gasteiger partial charge in [0, 0.05) is 54.8 Å². The lowest BCUT2D eigenvalue weighted by molar-refractivity contribution is 0.103. The Kier molecular flexibility index (Phi) is 5.58. The fourth-order valence-corrected chi connectivity index (χ4v) is 9.77. The molecule has 3 nitrogen and oxygen atoms in total. The second-order valence-corrected chi connectivity index (χ2v) is 14.5. The molecule has 10 aromatic rings. The molecule has 2 heterocycles. The zero-order valence-corrected chi connectivity index (χ0v) is 28.6. The standard InChI is InChI=1S/C50H30N2O/c53-49-39-25-23-29(31-15-9-17-37-35-13-3-7-21-45(35)51-47(31)37)27-43(39)50(41-19-5-1-11-33(41)34-12-2-6-20-42(34)50)44-28-30(24-26-40(44)49)32-16-10-18-38-36-14-4-8-22-46(36)52-48(32)38/h1-28,51-52H. The number of carbonyl (C=O) groups is 1. The molecule has 12 rings (SSSR count). The second-order valence-electron chi connectivity index (χ2n) is 14.5. The zero-order valence-electron chi connectivity index (χ0n) is 28.6. The van der Waals surface area contributed by atoms with E-state index in [1.807, 2.05) is 0 Å². The predicted molar refractivity (Wildman–Crippen MR) is 217 cm³/mol. The number of H-pyrrole nitrogens is 2. The second kappa shape index (κ2) is 10.3. The summed E-state index contributed by atoms with van der Waals surface area (Å²) >= 11 is 0. The van der Waals surface area contributed by atoms with Crippen molar-refractivity contribution < 1.29 is 4.79 Å². The van der Waals surface area contributed by atoms with Gasteiger partial charge in [-0.05, 0) is 68.8 Å². The van der Waals surface area contributed by atoms with Crippen molar-refractivity contribution in [2.45, 2.75) is 5.41 Å². The van der Waals surface area contributed by atoms with Crippen LogP contribution in [0.2, 0.25) is 0 Å². The molecule has 0 saturated carbocycles. The van der Waals surface area contributed by atoms with Crippen molar-refractivity contribution in [3.63, 3.8) is 0 Å². The van der Waals surface area contributed by atoms with Gasteiger partial charge in [0.05, 0.1) is 16.4 Å². The average Bonchev–Trinajstić information content (AvgIpc) is 3.88. The van der Waals surface area contributed by atoms with Crippen molar-refractivity contribution in [2.75, 3.05) is 0 Å². The fraction of sp³-hybridized carbons (Fsp3) is 0.0200. The Hall–Kier alpha value is -6.97. The Labute approximate surface area is 305 Å². The number of carbonyl (C=O) groups excluding carboxylic acids is 1. The van der Waals surface area contributed by atoms with Crippen molar-refractivity contribution >= 4 is 49.4 Å². The summed E-state index contributed by atoms with van der Waals surface area (Å²) < 4.78 is 0. The Morgan fingerprint density at radius 2 is 0.755 bits per heavy atom. The summed E-state index contributed by atoms with van der Waals surface area (Å²) in [7, 11) is 0. The SMILES string of the molecule is O=C1c2ccc(-c3cccc4c3[nH]c3ccccc34)cc2C2(c3cc(-c4cccc5c4[nH]c4ccccc45)ccc31)c1ccccc1-c1ccccc12. The first-order valence-electron chi connectivity index (χ1n) is 18.2. The quantitative estimate of drug-likeness (QED) is 0.188. The van der Waals surface area contributed by atoms with Crippen LogP contribution in [0.25, 0.3) is 77.0 Å². The van der Waals surface area contributed by atoms with Gasteiger partial charge in [0.25, 0.3) is 0 Å². The molecule has 0 bridgehead atoms. The van der Waals surface area contributed by atoms with Crippen LogP contribution in [-0.4, -0.2) is 15.8 Å². The highest BCUT2D eigenvalue weighted by atomic mass is 16.1. The lowest BCUT2D eigenvalue weighted by Gasteiger charge is -2.40. The first-order chi connectivity index (χ1) is 26.2. The van der Waals surface area contributed by atoms with E-state index in [1.165, 1.54) is 43.8 Å². The maximum Gasteiger partial charge on any atom is 0.193 e. The van der Waals surface area contributed by atoms with Crippen LogP contribution in [-0.2, 0) is 5.41 Å². The maximum atomic E-state index is 14.8. The minimum absolute atomic E-state index is 0.0632. The van der Waals surface area contributed by atoms with Crippen molar-refractivity contribution in [3.8, 4) is 33.4 Å². The summed E-state index contributed by atoms with van der Waals surface area (Å²) in [6, 6.07) is 60.6. The molecule has 1 spiro atoms. The Morgan fingerprint density at radius 1 is 0.340 bits per heavy atom. The van der Waals surface area contributed by atoms with Crippen LogP contribution < -0.4 is 0 Å². The monoisotopic (exact) mass is 674 g/mol. The minimum atomic E-state index is -0.708. The number of ketones is 1. The molecule has 0 atom stereocenters. The van der Waals surface area contributed by atoms with Crippen molar-refractivity contribution in [1.29, 1.82) is 0 Å². The van der Waals surface area contributed by atoms with Gasteiger partial charge in [-0.3, -0.25) is 4.79 Å². The van der Waals surface area contributed by atoms with Crippen molar-refractivity contribution in [2.24, 2.45) is 0 Å². The van der Waals surface area contributed by atoms with E-state index in [9.17, 15) is 4.79 Å². The molecule has 0 radical (unpaired) electrons. The van der Waals surface area contributed by atoms with Crippen LogP contribution in [0.1, 0.15) is 38.2 Å². The van der Waals surface area contributed by atoms with E-state index >= 15 is 0 Å². The molecule has 3 heteroatoms. The van der Waals surface area contributed by atoms with Gasteiger partial charge >= 0.3 is 0 Å². The lowest BCUT2D eigenvalue weighted by atomic mass is 9.60. The van der Waals surface area contributed by atoms with Gasteiger partial charge < -0.3 is 9.97 Å². The number of fused-ring (bicyclic) bond motifs is 15. The van der Waals surface area contributed by atoms with Gasteiger partial charge in [0.2, 0.25) is 0 Å². The highest BCUT2D eigenvalue weighted by Gasteiger charge is 2.51. The molecule has 0 fully saturated rings. The molecule has 246 valence electrons. The van der Waals surface area contributed by atoms with Gasteiger partial charge in [-0.25, -0.2) is 0 Å². The Morgan fingerprint density at radius 3 is 1.26 bits per heavy atom. The number of benzene rings is 8. The number of nitrogens with one attached hydrogen (secondary N) is 2. The van der Waals surface area contributed by atoms with Crippen LogP contribution in [0.4, 0.5) is 0 Å². The summed E-state index contributed by atoms with van der Waals surface area (Å²) in [4.78, 5) is 22.3.